The summed E-state index contributed by atoms with van der Waals surface area (Å²) in [4.78, 5) is 11.7. The summed E-state index contributed by atoms with van der Waals surface area (Å²) in [7, 11) is 0. The number of nitrogens with one attached hydrogen (secondary N) is 2. The van der Waals surface area contributed by atoms with Crippen LogP contribution in [0.25, 0.3) is 0 Å². The topological polar surface area (TPSA) is 41.1 Å². The Morgan fingerprint density at radius 2 is 1.67 bits per heavy atom. The Morgan fingerprint density at radius 3 is 2.17 bits per heavy atom. The Balaban J connectivity index is 2.56. The van der Waals surface area contributed by atoms with Gasteiger partial charge in [-0.15, -0.1) is 0 Å². The zero-order valence-electron chi connectivity index (χ0n) is 11.3. The molecular formula is C14H21FN2O. The quantitative estimate of drug-likeness (QED) is 0.845. The monoisotopic (exact) mass is 252 g/mol. The molecule has 0 aliphatic rings. The second-order valence-corrected chi connectivity index (χ2v) is 4.82. The van der Waals surface area contributed by atoms with Crippen molar-refractivity contribution in [3.63, 3.8) is 0 Å². The van der Waals surface area contributed by atoms with Crippen LogP contribution in [0.1, 0.15) is 39.3 Å². The average molecular weight is 252 g/mol. The van der Waals surface area contributed by atoms with Crippen LogP contribution >= 0.6 is 0 Å². The number of carbonyl (C=O) groups is 1. The second kappa shape index (κ2) is 6.50. The molecule has 100 valence electrons. The van der Waals surface area contributed by atoms with E-state index in [-0.39, 0.29) is 29.8 Å². The van der Waals surface area contributed by atoms with E-state index in [4.69, 9.17) is 0 Å². The van der Waals surface area contributed by atoms with Crippen LogP contribution in [0.2, 0.25) is 0 Å². The molecule has 1 unspecified atom stereocenters. The van der Waals surface area contributed by atoms with E-state index in [2.05, 4.69) is 10.6 Å². The Kier molecular flexibility index (Phi) is 5.28. The average Bonchev–Trinajstić information content (AvgIpc) is 2.28. The Morgan fingerprint density at radius 1 is 1.11 bits per heavy atom. The molecule has 1 rings (SSSR count). The van der Waals surface area contributed by atoms with Crippen molar-refractivity contribution in [1.82, 2.24) is 10.6 Å². The highest BCUT2D eigenvalue weighted by atomic mass is 19.1. The summed E-state index contributed by atoms with van der Waals surface area (Å²) in [6.45, 7) is 7.62. The lowest BCUT2D eigenvalue weighted by atomic mass is 10.1. The van der Waals surface area contributed by atoms with Gasteiger partial charge in [-0.05, 0) is 45.4 Å². The lowest BCUT2D eigenvalue weighted by molar-refractivity contribution is -0.123. The van der Waals surface area contributed by atoms with Crippen molar-refractivity contribution >= 4 is 5.91 Å². The van der Waals surface area contributed by atoms with Crippen LogP contribution in [0, 0.1) is 5.82 Å². The van der Waals surface area contributed by atoms with Gasteiger partial charge in [0.2, 0.25) is 5.91 Å². The van der Waals surface area contributed by atoms with Gasteiger partial charge in [0.05, 0.1) is 6.04 Å². The standard InChI is InChI=1S/C14H21FN2O/c1-9(2)16-14(18)11(4)17-10(3)12-5-7-13(15)8-6-12/h5-11,17H,1-4H3,(H,16,18)/t10-,11?/m0/s1. The summed E-state index contributed by atoms with van der Waals surface area (Å²) in [5.74, 6) is -0.282. The SMILES string of the molecule is CC(C)NC(=O)C(C)N[C@@H](C)c1ccc(F)cc1. The van der Waals surface area contributed by atoms with Gasteiger partial charge in [-0.1, -0.05) is 12.1 Å². The van der Waals surface area contributed by atoms with E-state index in [1.807, 2.05) is 27.7 Å². The van der Waals surface area contributed by atoms with Crippen LogP contribution in [0.5, 0.6) is 0 Å². The first-order valence-electron chi connectivity index (χ1n) is 6.22. The number of rotatable bonds is 5. The van der Waals surface area contributed by atoms with Crippen molar-refractivity contribution in [3.8, 4) is 0 Å². The zero-order valence-corrected chi connectivity index (χ0v) is 11.3. The Hall–Kier alpha value is -1.42. The van der Waals surface area contributed by atoms with Gasteiger partial charge >= 0.3 is 0 Å². The van der Waals surface area contributed by atoms with E-state index in [9.17, 15) is 9.18 Å². The summed E-state index contributed by atoms with van der Waals surface area (Å²) in [6, 6.07) is 6.13. The molecule has 0 spiro atoms. The summed E-state index contributed by atoms with van der Waals surface area (Å²) < 4.78 is 12.8. The van der Waals surface area contributed by atoms with Crippen LogP contribution in [0.4, 0.5) is 4.39 Å². The number of hydrogen-bond acceptors (Lipinski definition) is 2. The van der Waals surface area contributed by atoms with Gasteiger partial charge in [0.1, 0.15) is 5.82 Å². The van der Waals surface area contributed by atoms with Crippen LogP contribution in [0.15, 0.2) is 24.3 Å². The van der Waals surface area contributed by atoms with Crippen LogP contribution < -0.4 is 10.6 Å². The van der Waals surface area contributed by atoms with Crippen molar-refractivity contribution in [2.45, 2.75) is 45.8 Å². The van der Waals surface area contributed by atoms with Gasteiger partial charge in [-0.2, -0.15) is 0 Å². The number of benzene rings is 1. The summed E-state index contributed by atoms with van der Waals surface area (Å²) >= 11 is 0. The molecule has 0 radical (unpaired) electrons. The van der Waals surface area contributed by atoms with Crippen molar-refractivity contribution in [2.24, 2.45) is 0 Å². The van der Waals surface area contributed by atoms with Gasteiger partial charge < -0.3 is 5.32 Å². The van der Waals surface area contributed by atoms with Crippen LogP contribution in [0.3, 0.4) is 0 Å². The molecule has 0 saturated heterocycles. The minimum absolute atomic E-state index is 0.00138. The molecule has 0 heterocycles. The molecule has 3 nitrogen and oxygen atoms in total. The first kappa shape index (κ1) is 14.6. The van der Waals surface area contributed by atoms with Gasteiger partial charge in [-0.3, -0.25) is 10.1 Å². The summed E-state index contributed by atoms with van der Waals surface area (Å²) in [6.07, 6.45) is 0. The third kappa shape index (κ3) is 4.45. The normalized spacial score (nSPS) is 14.3. The summed E-state index contributed by atoms with van der Waals surface area (Å²) in [5.41, 5.74) is 0.959. The highest BCUT2D eigenvalue weighted by Gasteiger charge is 2.16. The molecule has 18 heavy (non-hydrogen) atoms. The summed E-state index contributed by atoms with van der Waals surface area (Å²) in [5, 5.41) is 6.03. The first-order valence-corrected chi connectivity index (χ1v) is 6.22. The second-order valence-electron chi connectivity index (χ2n) is 4.82. The third-order valence-electron chi connectivity index (χ3n) is 2.69. The fourth-order valence-electron chi connectivity index (χ4n) is 1.71. The van der Waals surface area contributed by atoms with Crippen molar-refractivity contribution in [2.75, 3.05) is 0 Å². The van der Waals surface area contributed by atoms with E-state index in [1.54, 1.807) is 12.1 Å². The maximum absolute atomic E-state index is 12.8. The number of carbonyl (C=O) groups excluding carboxylic acids is 1. The van der Waals surface area contributed by atoms with E-state index < -0.39 is 0 Å². The Bertz CT molecular complexity index is 389. The van der Waals surface area contributed by atoms with Gasteiger partial charge in [0, 0.05) is 12.1 Å². The van der Waals surface area contributed by atoms with E-state index in [0.717, 1.165) is 5.56 Å². The highest BCUT2D eigenvalue weighted by Crippen LogP contribution is 2.13. The van der Waals surface area contributed by atoms with Gasteiger partial charge in [0.15, 0.2) is 0 Å². The molecule has 0 aliphatic carbocycles. The number of hydrogen-bond donors (Lipinski definition) is 2. The molecule has 0 bridgehead atoms. The molecule has 1 amide bonds. The van der Waals surface area contributed by atoms with Gasteiger partial charge in [-0.25, -0.2) is 4.39 Å². The number of amides is 1. The van der Waals surface area contributed by atoms with E-state index in [1.165, 1.54) is 12.1 Å². The smallest absolute Gasteiger partial charge is 0.237 e. The lowest BCUT2D eigenvalue weighted by Crippen LogP contribution is -2.45. The third-order valence-corrected chi connectivity index (χ3v) is 2.69. The Labute approximate surface area is 108 Å². The molecule has 4 heteroatoms. The molecular weight excluding hydrogens is 231 g/mol. The molecule has 0 fully saturated rings. The van der Waals surface area contributed by atoms with Crippen molar-refractivity contribution < 1.29 is 9.18 Å². The minimum Gasteiger partial charge on any atom is -0.353 e. The van der Waals surface area contributed by atoms with E-state index in [0.29, 0.717) is 0 Å². The lowest BCUT2D eigenvalue weighted by Gasteiger charge is -2.21. The van der Waals surface area contributed by atoms with Crippen molar-refractivity contribution in [1.29, 1.82) is 0 Å². The fraction of sp³-hybridized carbons (Fsp3) is 0.500. The maximum atomic E-state index is 12.8. The van der Waals surface area contributed by atoms with E-state index >= 15 is 0 Å². The fourth-order valence-corrected chi connectivity index (χ4v) is 1.71. The molecule has 1 aromatic rings. The molecule has 2 N–H and O–H groups in total. The van der Waals surface area contributed by atoms with Crippen LogP contribution in [-0.4, -0.2) is 18.0 Å². The number of halogens is 1. The molecule has 2 atom stereocenters. The van der Waals surface area contributed by atoms with Crippen molar-refractivity contribution in [3.05, 3.63) is 35.6 Å². The van der Waals surface area contributed by atoms with Crippen LogP contribution in [-0.2, 0) is 4.79 Å². The van der Waals surface area contributed by atoms with Gasteiger partial charge in [0.25, 0.3) is 0 Å². The predicted molar refractivity (Wildman–Crippen MR) is 70.7 cm³/mol. The minimum atomic E-state index is -0.285. The highest BCUT2D eigenvalue weighted by molar-refractivity contribution is 5.81. The molecule has 1 aromatic carbocycles. The molecule has 0 aromatic heterocycles. The maximum Gasteiger partial charge on any atom is 0.237 e. The molecule has 0 aliphatic heterocycles. The zero-order chi connectivity index (χ0) is 13.7. The largest absolute Gasteiger partial charge is 0.353 e. The predicted octanol–water partition coefficient (Wildman–Crippen LogP) is 2.39. The molecule has 0 saturated carbocycles. The first-order chi connectivity index (χ1) is 8.40.